The van der Waals surface area contributed by atoms with Crippen molar-refractivity contribution in [1.82, 2.24) is 20.0 Å². The number of benzene rings is 1. The van der Waals surface area contributed by atoms with Gasteiger partial charge in [-0.05, 0) is 29.8 Å². The summed E-state index contributed by atoms with van der Waals surface area (Å²) in [5.74, 6) is 0.478. The van der Waals surface area contributed by atoms with Crippen LogP contribution in [0.5, 0.6) is 0 Å². The lowest BCUT2D eigenvalue weighted by molar-refractivity contribution is -0.128. The van der Waals surface area contributed by atoms with Crippen molar-refractivity contribution in [3.8, 4) is 11.6 Å². The second kappa shape index (κ2) is 6.43. The Kier molecular flexibility index (Phi) is 3.97. The smallest absolute Gasteiger partial charge is 0.276 e. The summed E-state index contributed by atoms with van der Waals surface area (Å²) in [7, 11) is 0. The Labute approximate surface area is 143 Å². The largest absolute Gasteiger partial charge is 0.338 e. The molecule has 25 heavy (non-hydrogen) atoms. The molecule has 0 N–H and O–H groups in total. The van der Waals surface area contributed by atoms with Crippen molar-refractivity contribution >= 4 is 5.91 Å². The van der Waals surface area contributed by atoms with Gasteiger partial charge in [0.25, 0.3) is 5.89 Å². The van der Waals surface area contributed by atoms with Crippen LogP contribution in [0.3, 0.4) is 0 Å². The number of pyridine rings is 1. The first-order valence-electron chi connectivity index (χ1n) is 7.96. The predicted octanol–water partition coefficient (Wildman–Crippen LogP) is 2.79. The van der Waals surface area contributed by atoms with Crippen LogP contribution in [-0.2, 0) is 11.3 Å². The molecule has 3 aromatic rings. The molecule has 4 rings (SSSR count). The van der Waals surface area contributed by atoms with E-state index in [1.54, 1.807) is 29.3 Å². The lowest BCUT2D eigenvalue weighted by Gasteiger charge is -2.16. The molecule has 3 heterocycles. The van der Waals surface area contributed by atoms with E-state index in [0.29, 0.717) is 36.9 Å². The number of aromatic nitrogens is 3. The van der Waals surface area contributed by atoms with Gasteiger partial charge in [-0.25, -0.2) is 4.39 Å². The van der Waals surface area contributed by atoms with Crippen LogP contribution in [-0.4, -0.2) is 32.5 Å². The third-order valence-electron chi connectivity index (χ3n) is 4.19. The van der Waals surface area contributed by atoms with Crippen LogP contribution in [0.1, 0.15) is 23.7 Å². The van der Waals surface area contributed by atoms with Gasteiger partial charge < -0.3 is 9.42 Å². The van der Waals surface area contributed by atoms with Gasteiger partial charge in [0.05, 0.1) is 0 Å². The van der Waals surface area contributed by atoms with Gasteiger partial charge in [0.15, 0.2) is 5.82 Å². The van der Waals surface area contributed by atoms with Crippen molar-refractivity contribution in [1.29, 1.82) is 0 Å². The molecule has 1 aromatic carbocycles. The van der Waals surface area contributed by atoms with E-state index in [4.69, 9.17) is 4.52 Å². The fourth-order valence-electron chi connectivity index (χ4n) is 2.90. The molecule has 6 nitrogen and oxygen atoms in total. The highest BCUT2D eigenvalue weighted by molar-refractivity contribution is 5.79. The van der Waals surface area contributed by atoms with E-state index < -0.39 is 0 Å². The quantitative estimate of drug-likeness (QED) is 0.731. The molecule has 0 radical (unpaired) electrons. The molecular formula is C18H15FN4O2. The fourth-order valence-corrected chi connectivity index (χ4v) is 2.90. The van der Waals surface area contributed by atoms with Gasteiger partial charge in [0.1, 0.15) is 11.5 Å². The maximum Gasteiger partial charge on any atom is 0.276 e. The SMILES string of the molecule is O=C1CC(c2noc(-c3ccccn3)n2)CN1Cc1ccc(F)cc1. The van der Waals surface area contributed by atoms with Gasteiger partial charge in [-0.2, -0.15) is 4.98 Å². The predicted molar refractivity (Wildman–Crippen MR) is 86.7 cm³/mol. The summed E-state index contributed by atoms with van der Waals surface area (Å²) in [5.41, 5.74) is 1.49. The van der Waals surface area contributed by atoms with Gasteiger partial charge in [0.2, 0.25) is 5.91 Å². The van der Waals surface area contributed by atoms with E-state index in [1.165, 1.54) is 12.1 Å². The Morgan fingerprint density at radius 3 is 2.80 bits per heavy atom. The van der Waals surface area contributed by atoms with E-state index in [-0.39, 0.29) is 17.6 Å². The van der Waals surface area contributed by atoms with E-state index in [0.717, 1.165) is 5.56 Å². The van der Waals surface area contributed by atoms with Crippen LogP contribution in [0, 0.1) is 5.82 Å². The highest BCUT2D eigenvalue weighted by Crippen LogP contribution is 2.28. The van der Waals surface area contributed by atoms with Gasteiger partial charge >= 0.3 is 0 Å². The second-order valence-electron chi connectivity index (χ2n) is 5.97. The summed E-state index contributed by atoms with van der Waals surface area (Å²) in [4.78, 5) is 22.5. The number of hydrogen-bond donors (Lipinski definition) is 0. The highest BCUT2D eigenvalue weighted by atomic mass is 19.1. The van der Waals surface area contributed by atoms with Crippen molar-refractivity contribution < 1.29 is 13.7 Å². The molecule has 7 heteroatoms. The minimum absolute atomic E-state index is 0.0264. The van der Waals surface area contributed by atoms with Crippen molar-refractivity contribution in [3.05, 3.63) is 65.9 Å². The maximum absolute atomic E-state index is 13.0. The molecular weight excluding hydrogens is 323 g/mol. The Morgan fingerprint density at radius 1 is 1.20 bits per heavy atom. The van der Waals surface area contributed by atoms with E-state index in [9.17, 15) is 9.18 Å². The Balaban J connectivity index is 1.47. The zero-order valence-corrected chi connectivity index (χ0v) is 13.3. The minimum atomic E-state index is -0.289. The first kappa shape index (κ1) is 15.4. The van der Waals surface area contributed by atoms with Crippen LogP contribution >= 0.6 is 0 Å². The first-order valence-corrected chi connectivity index (χ1v) is 7.96. The summed E-state index contributed by atoms with van der Waals surface area (Å²) in [6.45, 7) is 0.956. The number of nitrogens with zero attached hydrogens (tertiary/aromatic N) is 4. The standard InChI is InChI=1S/C18H15FN4O2/c19-14-6-4-12(5-7-14)10-23-11-13(9-16(23)24)17-21-18(25-22-17)15-3-1-2-8-20-15/h1-8,13H,9-11H2. The average molecular weight is 338 g/mol. The first-order chi connectivity index (χ1) is 12.2. The van der Waals surface area contributed by atoms with E-state index in [1.807, 2.05) is 12.1 Å². The molecule has 1 fully saturated rings. The van der Waals surface area contributed by atoms with Crippen LogP contribution in [0.2, 0.25) is 0 Å². The molecule has 1 amide bonds. The third-order valence-corrected chi connectivity index (χ3v) is 4.19. The van der Waals surface area contributed by atoms with Crippen molar-refractivity contribution in [2.45, 2.75) is 18.9 Å². The molecule has 1 atom stereocenters. The maximum atomic E-state index is 13.0. The van der Waals surface area contributed by atoms with E-state index in [2.05, 4.69) is 15.1 Å². The molecule has 0 saturated carbocycles. The topological polar surface area (TPSA) is 72.1 Å². The van der Waals surface area contributed by atoms with Crippen LogP contribution < -0.4 is 0 Å². The van der Waals surface area contributed by atoms with Crippen LogP contribution in [0.15, 0.2) is 53.2 Å². The number of hydrogen-bond acceptors (Lipinski definition) is 5. The highest BCUT2D eigenvalue weighted by Gasteiger charge is 2.33. The number of rotatable bonds is 4. The van der Waals surface area contributed by atoms with Gasteiger partial charge in [-0.15, -0.1) is 0 Å². The molecule has 1 unspecified atom stereocenters. The lowest BCUT2D eigenvalue weighted by Crippen LogP contribution is -2.24. The Hall–Kier alpha value is -3.09. The number of amides is 1. The van der Waals surface area contributed by atoms with Gasteiger partial charge in [-0.3, -0.25) is 9.78 Å². The number of carbonyl (C=O) groups excluding carboxylic acids is 1. The van der Waals surface area contributed by atoms with Crippen molar-refractivity contribution in [2.75, 3.05) is 6.54 Å². The van der Waals surface area contributed by atoms with Crippen molar-refractivity contribution in [2.24, 2.45) is 0 Å². The van der Waals surface area contributed by atoms with Crippen LogP contribution in [0.25, 0.3) is 11.6 Å². The number of halogens is 1. The normalized spacial score (nSPS) is 17.2. The second-order valence-corrected chi connectivity index (χ2v) is 5.97. The molecule has 0 aliphatic carbocycles. The summed E-state index contributed by atoms with van der Waals surface area (Å²) in [5, 5.41) is 4.01. The average Bonchev–Trinajstić information content (AvgIpc) is 3.25. The molecule has 2 aromatic heterocycles. The minimum Gasteiger partial charge on any atom is -0.338 e. The number of likely N-dealkylation sites (tertiary alicyclic amines) is 1. The molecule has 126 valence electrons. The monoisotopic (exact) mass is 338 g/mol. The Bertz CT molecular complexity index is 880. The lowest BCUT2D eigenvalue weighted by atomic mass is 10.1. The van der Waals surface area contributed by atoms with E-state index >= 15 is 0 Å². The van der Waals surface area contributed by atoms with Crippen molar-refractivity contribution in [3.63, 3.8) is 0 Å². The molecule has 1 aliphatic rings. The summed E-state index contributed by atoms with van der Waals surface area (Å²) in [6, 6.07) is 11.6. The van der Waals surface area contributed by atoms with Gasteiger partial charge in [-0.1, -0.05) is 23.4 Å². The molecule has 0 bridgehead atoms. The zero-order valence-electron chi connectivity index (χ0n) is 13.3. The molecule has 1 aliphatic heterocycles. The van der Waals surface area contributed by atoms with Gasteiger partial charge in [0, 0.05) is 31.6 Å². The molecule has 1 saturated heterocycles. The summed E-state index contributed by atoms with van der Waals surface area (Å²) >= 11 is 0. The Morgan fingerprint density at radius 2 is 2.04 bits per heavy atom. The van der Waals surface area contributed by atoms with Crippen LogP contribution in [0.4, 0.5) is 4.39 Å². The zero-order chi connectivity index (χ0) is 17.2. The molecule has 0 spiro atoms. The fraction of sp³-hybridized carbons (Fsp3) is 0.222. The number of carbonyl (C=O) groups is 1. The summed E-state index contributed by atoms with van der Waals surface area (Å²) < 4.78 is 18.3. The third kappa shape index (κ3) is 3.26. The summed E-state index contributed by atoms with van der Waals surface area (Å²) in [6.07, 6.45) is 1.99.